The van der Waals surface area contributed by atoms with E-state index in [1.54, 1.807) is 37.5 Å². The molecule has 3 amide bonds. The lowest BCUT2D eigenvalue weighted by molar-refractivity contribution is -0.113. The van der Waals surface area contributed by atoms with Crippen LogP contribution in [0, 0.1) is 6.92 Å². The van der Waals surface area contributed by atoms with E-state index in [0.29, 0.717) is 22.7 Å². The quantitative estimate of drug-likeness (QED) is 0.785. The fourth-order valence-corrected chi connectivity index (χ4v) is 3.69. The van der Waals surface area contributed by atoms with Crippen LogP contribution < -0.4 is 20.7 Å². The second-order valence-electron chi connectivity index (χ2n) is 5.67. The van der Waals surface area contributed by atoms with Gasteiger partial charge >= 0.3 is 6.03 Å². The summed E-state index contributed by atoms with van der Waals surface area (Å²) in [5.41, 5.74) is 1.59. The largest absolute Gasteiger partial charge is 0.495 e. The van der Waals surface area contributed by atoms with Crippen LogP contribution in [0.4, 0.5) is 10.5 Å². The molecule has 0 radical (unpaired) electrons. The minimum atomic E-state index is -0.484. The summed E-state index contributed by atoms with van der Waals surface area (Å²) in [6, 6.07) is 10.3. The van der Waals surface area contributed by atoms with E-state index >= 15 is 0 Å². The summed E-state index contributed by atoms with van der Waals surface area (Å²) >= 11 is 1.55. The fourth-order valence-electron chi connectivity index (χ4n) is 2.75. The molecule has 1 aliphatic heterocycles. The first-order valence-corrected chi connectivity index (χ1v) is 8.60. The average Bonchev–Trinajstić information content (AvgIpc) is 3.01. The number of hydrogen-bond acceptors (Lipinski definition) is 4. The molecule has 0 bridgehead atoms. The predicted molar refractivity (Wildman–Crippen MR) is 97.8 cm³/mol. The molecule has 0 saturated heterocycles. The molecule has 0 spiro atoms. The monoisotopic (exact) mass is 357 g/mol. The van der Waals surface area contributed by atoms with E-state index in [-0.39, 0.29) is 11.9 Å². The number of aryl methyl sites for hydroxylation is 1. The van der Waals surface area contributed by atoms with Gasteiger partial charge in [0.1, 0.15) is 5.75 Å². The van der Waals surface area contributed by atoms with Crippen molar-refractivity contribution in [1.82, 2.24) is 10.6 Å². The molecule has 1 aromatic carbocycles. The van der Waals surface area contributed by atoms with Crippen molar-refractivity contribution in [2.24, 2.45) is 0 Å². The van der Waals surface area contributed by atoms with Gasteiger partial charge in [0.05, 0.1) is 24.4 Å². The summed E-state index contributed by atoms with van der Waals surface area (Å²) in [5, 5.41) is 8.38. The van der Waals surface area contributed by atoms with Crippen LogP contribution in [0.2, 0.25) is 0 Å². The van der Waals surface area contributed by atoms with Crippen LogP contribution in [0.15, 0.2) is 47.7 Å². The molecule has 130 valence electrons. The van der Waals surface area contributed by atoms with Crippen LogP contribution in [0.3, 0.4) is 0 Å². The summed E-state index contributed by atoms with van der Waals surface area (Å²) in [6.07, 6.45) is 0. The molecule has 2 aromatic rings. The van der Waals surface area contributed by atoms with Crippen LogP contribution in [0.25, 0.3) is 0 Å². The molecule has 1 aromatic heterocycles. The van der Waals surface area contributed by atoms with Gasteiger partial charge in [0.2, 0.25) is 0 Å². The van der Waals surface area contributed by atoms with Gasteiger partial charge in [0.25, 0.3) is 5.91 Å². The Labute approximate surface area is 149 Å². The van der Waals surface area contributed by atoms with Gasteiger partial charge in [0.15, 0.2) is 0 Å². The maximum Gasteiger partial charge on any atom is 0.319 e. The van der Waals surface area contributed by atoms with Crippen molar-refractivity contribution in [2.45, 2.75) is 19.9 Å². The highest BCUT2D eigenvalue weighted by Crippen LogP contribution is 2.33. The number of urea groups is 1. The van der Waals surface area contributed by atoms with Gasteiger partial charge in [-0.25, -0.2) is 4.79 Å². The molecule has 1 atom stereocenters. The molecule has 2 heterocycles. The number of carbonyl (C=O) groups excluding carboxylic acids is 2. The maximum atomic E-state index is 12.9. The van der Waals surface area contributed by atoms with Crippen molar-refractivity contribution in [3.63, 3.8) is 0 Å². The molecule has 0 fully saturated rings. The molecular formula is C18H19N3O3S. The van der Waals surface area contributed by atoms with Crippen molar-refractivity contribution in [2.75, 3.05) is 12.4 Å². The van der Waals surface area contributed by atoms with Crippen LogP contribution in [-0.4, -0.2) is 19.0 Å². The molecule has 25 heavy (non-hydrogen) atoms. The van der Waals surface area contributed by atoms with Gasteiger partial charge < -0.3 is 20.7 Å². The van der Waals surface area contributed by atoms with Crippen LogP contribution in [0.5, 0.6) is 5.75 Å². The highest BCUT2D eigenvalue weighted by Gasteiger charge is 2.32. The zero-order chi connectivity index (χ0) is 18.0. The normalized spacial score (nSPS) is 16.9. The smallest absolute Gasteiger partial charge is 0.319 e. The molecule has 3 N–H and O–H groups in total. The number of methoxy groups -OCH3 is 1. The number of nitrogens with one attached hydrogen (secondary N) is 3. The van der Waals surface area contributed by atoms with Crippen molar-refractivity contribution >= 4 is 29.0 Å². The molecule has 0 unspecified atom stereocenters. The van der Waals surface area contributed by atoms with Gasteiger partial charge in [-0.05, 0) is 38.1 Å². The highest BCUT2D eigenvalue weighted by molar-refractivity contribution is 7.12. The Bertz CT molecular complexity index is 857. The Morgan fingerprint density at radius 1 is 1.20 bits per heavy atom. The van der Waals surface area contributed by atoms with Gasteiger partial charge in [-0.1, -0.05) is 12.1 Å². The van der Waals surface area contributed by atoms with Gasteiger partial charge in [-0.3, -0.25) is 4.79 Å². The number of ether oxygens (including phenoxy) is 1. The van der Waals surface area contributed by atoms with E-state index in [9.17, 15) is 9.59 Å². The summed E-state index contributed by atoms with van der Waals surface area (Å²) in [6.45, 7) is 3.71. The average molecular weight is 357 g/mol. The Morgan fingerprint density at radius 3 is 2.64 bits per heavy atom. The number of amides is 3. The molecule has 7 heteroatoms. The first-order valence-electron chi connectivity index (χ1n) is 7.78. The molecule has 0 saturated carbocycles. The van der Waals surface area contributed by atoms with Crippen LogP contribution >= 0.6 is 11.3 Å². The number of benzene rings is 1. The molecule has 1 aliphatic rings. The van der Waals surface area contributed by atoms with Crippen LogP contribution in [0.1, 0.15) is 22.7 Å². The number of para-hydroxylation sites is 2. The standard InChI is InChI=1S/C18H19N3O3S/c1-10-8-9-14(25-10)16-15(11(2)19-18(23)21-16)17(22)20-12-6-4-5-7-13(12)24-3/h4-9,16H,1-3H3,(H,20,22)(H2,19,21,23)/t16-/m1/s1. The summed E-state index contributed by atoms with van der Waals surface area (Å²) in [7, 11) is 1.55. The lowest BCUT2D eigenvalue weighted by Crippen LogP contribution is -2.45. The first kappa shape index (κ1) is 17.0. The summed E-state index contributed by atoms with van der Waals surface area (Å²) < 4.78 is 5.28. The molecule has 0 aliphatic carbocycles. The van der Waals surface area contributed by atoms with E-state index < -0.39 is 6.04 Å². The number of hydrogen-bond donors (Lipinski definition) is 3. The fraction of sp³-hybridized carbons (Fsp3) is 0.222. The highest BCUT2D eigenvalue weighted by atomic mass is 32.1. The SMILES string of the molecule is COc1ccccc1NC(=O)C1=C(C)NC(=O)N[C@@H]1c1ccc(C)s1. The maximum absolute atomic E-state index is 12.9. The van der Waals surface area contributed by atoms with Crippen LogP contribution in [-0.2, 0) is 4.79 Å². The van der Waals surface area contributed by atoms with Gasteiger partial charge in [0, 0.05) is 15.5 Å². The topological polar surface area (TPSA) is 79.5 Å². The van der Waals surface area contributed by atoms with Crippen molar-refractivity contribution in [3.8, 4) is 5.75 Å². The number of carbonyl (C=O) groups is 2. The molecular weight excluding hydrogens is 338 g/mol. The van der Waals surface area contributed by atoms with Crippen molar-refractivity contribution in [1.29, 1.82) is 0 Å². The summed E-state index contributed by atoms with van der Waals surface area (Å²) in [5.74, 6) is 0.288. The predicted octanol–water partition coefficient (Wildman–Crippen LogP) is 3.33. The number of rotatable bonds is 4. The van der Waals surface area contributed by atoms with Gasteiger partial charge in [-0.15, -0.1) is 11.3 Å². The Hall–Kier alpha value is -2.80. The van der Waals surface area contributed by atoms with Crippen molar-refractivity contribution in [3.05, 3.63) is 57.4 Å². The molecule has 3 rings (SSSR count). The van der Waals surface area contributed by atoms with E-state index in [0.717, 1.165) is 9.75 Å². The number of anilines is 1. The summed E-state index contributed by atoms with van der Waals surface area (Å²) in [4.78, 5) is 26.8. The molecule has 6 nitrogen and oxygen atoms in total. The number of allylic oxidation sites excluding steroid dienone is 1. The Kier molecular flexibility index (Phi) is 4.76. The van der Waals surface area contributed by atoms with E-state index in [2.05, 4.69) is 16.0 Å². The second kappa shape index (κ2) is 6.98. The van der Waals surface area contributed by atoms with E-state index in [1.165, 1.54) is 0 Å². The third-order valence-corrected chi connectivity index (χ3v) is 4.98. The van der Waals surface area contributed by atoms with Gasteiger partial charge in [-0.2, -0.15) is 0 Å². The Morgan fingerprint density at radius 2 is 1.96 bits per heavy atom. The zero-order valence-electron chi connectivity index (χ0n) is 14.2. The third kappa shape index (κ3) is 3.51. The second-order valence-corrected chi connectivity index (χ2v) is 6.99. The Balaban J connectivity index is 1.95. The lowest BCUT2D eigenvalue weighted by Gasteiger charge is -2.27. The number of thiophene rings is 1. The van der Waals surface area contributed by atoms with E-state index in [1.807, 2.05) is 31.2 Å². The van der Waals surface area contributed by atoms with Crippen molar-refractivity contribution < 1.29 is 14.3 Å². The third-order valence-electron chi connectivity index (χ3n) is 3.91. The first-order chi connectivity index (χ1) is 12.0. The minimum Gasteiger partial charge on any atom is -0.495 e. The van der Waals surface area contributed by atoms with E-state index in [4.69, 9.17) is 4.74 Å². The lowest BCUT2D eigenvalue weighted by atomic mass is 10.0. The zero-order valence-corrected chi connectivity index (χ0v) is 15.0. The minimum absolute atomic E-state index is 0.287.